The summed E-state index contributed by atoms with van der Waals surface area (Å²) in [5.41, 5.74) is -0.973. The number of amides is 1. The first-order valence-electron chi connectivity index (χ1n) is 7.60. The summed E-state index contributed by atoms with van der Waals surface area (Å²) in [4.78, 5) is 25.7. The Balaban J connectivity index is 2.07. The maximum Gasteiger partial charge on any atom is 0.329 e. The summed E-state index contributed by atoms with van der Waals surface area (Å²) in [6.07, 6.45) is 9.16. The third-order valence-corrected chi connectivity index (χ3v) is 4.82. The molecule has 1 atom stereocenters. The van der Waals surface area contributed by atoms with Gasteiger partial charge < -0.3 is 10.0 Å². The van der Waals surface area contributed by atoms with E-state index in [0.29, 0.717) is 13.0 Å². The van der Waals surface area contributed by atoms with Gasteiger partial charge in [0, 0.05) is 12.5 Å². The molecule has 2 rings (SSSR count). The zero-order valence-corrected chi connectivity index (χ0v) is 11.9. The van der Waals surface area contributed by atoms with Crippen LogP contribution in [0.2, 0.25) is 0 Å². The number of carbonyl (C=O) groups excluding carboxylic acids is 1. The highest BCUT2D eigenvalue weighted by Gasteiger charge is 2.47. The summed E-state index contributed by atoms with van der Waals surface area (Å²) < 4.78 is 0. The van der Waals surface area contributed by atoms with Crippen molar-refractivity contribution in [2.45, 2.75) is 70.3 Å². The van der Waals surface area contributed by atoms with E-state index in [0.717, 1.165) is 32.1 Å². The van der Waals surface area contributed by atoms with Crippen molar-refractivity contribution in [3.05, 3.63) is 0 Å². The highest BCUT2D eigenvalue weighted by molar-refractivity contribution is 5.88. The molecule has 0 radical (unpaired) electrons. The zero-order chi connectivity index (χ0) is 13.9. The molecule has 0 aromatic heterocycles. The minimum absolute atomic E-state index is 0.0528. The summed E-state index contributed by atoms with van der Waals surface area (Å²) in [5.74, 6) is -0.717. The van der Waals surface area contributed by atoms with Crippen molar-refractivity contribution in [3.8, 4) is 0 Å². The van der Waals surface area contributed by atoms with Gasteiger partial charge in [-0.1, -0.05) is 32.1 Å². The first-order chi connectivity index (χ1) is 9.05. The summed E-state index contributed by atoms with van der Waals surface area (Å²) in [6, 6.07) is 0. The van der Waals surface area contributed by atoms with Crippen LogP contribution in [0.25, 0.3) is 0 Å². The molecule has 1 heterocycles. The van der Waals surface area contributed by atoms with Crippen molar-refractivity contribution in [2.75, 3.05) is 6.54 Å². The summed E-state index contributed by atoms with van der Waals surface area (Å²) in [6.45, 7) is 2.31. The van der Waals surface area contributed by atoms with E-state index in [4.69, 9.17) is 0 Å². The molecule has 2 fully saturated rings. The molecule has 19 heavy (non-hydrogen) atoms. The van der Waals surface area contributed by atoms with Crippen LogP contribution in [0.4, 0.5) is 0 Å². The van der Waals surface area contributed by atoms with E-state index in [9.17, 15) is 14.7 Å². The molecule has 108 valence electrons. The van der Waals surface area contributed by atoms with Crippen molar-refractivity contribution in [3.63, 3.8) is 0 Å². The molecule has 1 aliphatic heterocycles. The molecular weight excluding hydrogens is 242 g/mol. The molecule has 1 aliphatic carbocycles. The Hall–Kier alpha value is -1.06. The van der Waals surface area contributed by atoms with Gasteiger partial charge in [0.15, 0.2) is 0 Å². The molecule has 1 amide bonds. The van der Waals surface area contributed by atoms with E-state index in [2.05, 4.69) is 0 Å². The van der Waals surface area contributed by atoms with E-state index in [1.165, 1.54) is 19.3 Å². The average molecular weight is 267 g/mol. The van der Waals surface area contributed by atoms with E-state index >= 15 is 0 Å². The molecule has 0 aromatic carbocycles. The number of likely N-dealkylation sites (tertiary alicyclic amines) is 1. The number of carboxylic acid groups (broad SMARTS) is 1. The Labute approximate surface area is 115 Å². The lowest BCUT2D eigenvalue weighted by Gasteiger charge is -2.34. The van der Waals surface area contributed by atoms with Crippen LogP contribution >= 0.6 is 0 Å². The second kappa shape index (κ2) is 5.93. The third-order valence-electron chi connectivity index (χ3n) is 4.82. The molecule has 0 bridgehead atoms. The smallest absolute Gasteiger partial charge is 0.329 e. The van der Waals surface area contributed by atoms with Gasteiger partial charge in [-0.05, 0) is 32.6 Å². The fraction of sp³-hybridized carbons (Fsp3) is 0.867. The molecule has 1 saturated carbocycles. The summed E-state index contributed by atoms with van der Waals surface area (Å²) >= 11 is 0. The topological polar surface area (TPSA) is 57.6 Å². The predicted octanol–water partition coefficient (Wildman–Crippen LogP) is 2.81. The van der Waals surface area contributed by atoms with Crippen LogP contribution in [-0.2, 0) is 9.59 Å². The van der Waals surface area contributed by atoms with Gasteiger partial charge in [0.2, 0.25) is 5.91 Å². The molecule has 0 spiro atoms. The quantitative estimate of drug-likeness (QED) is 0.837. The van der Waals surface area contributed by atoms with Gasteiger partial charge in [-0.25, -0.2) is 4.79 Å². The van der Waals surface area contributed by atoms with Crippen LogP contribution in [0.15, 0.2) is 0 Å². The average Bonchev–Trinajstić information content (AvgIpc) is 2.71. The Kier molecular flexibility index (Phi) is 4.48. The number of carboxylic acids is 1. The van der Waals surface area contributed by atoms with Crippen LogP contribution < -0.4 is 0 Å². The van der Waals surface area contributed by atoms with Gasteiger partial charge >= 0.3 is 5.97 Å². The van der Waals surface area contributed by atoms with Gasteiger partial charge in [-0.15, -0.1) is 0 Å². The first kappa shape index (κ1) is 14.4. The lowest BCUT2D eigenvalue weighted by Crippen LogP contribution is -2.52. The minimum Gasteiger partial charge on any atom is -0.480 e. The maximum atomic E-state index is 12.6. The number of aliphatic carboxylic acids is 1. The Morgan fingerprint density at radius 2 is 1.63 bits per heavy atom. The van der Waals surface area contributed by atoms with Crippen LogP contribution in [0, 0.1) is 5.92 Å². The molecule has 4 heteroatoms. The van der Waals surface area contributed by atoms with Gasteiger partial charge in [-0.3, -0.25) is 4.79 Å². The third kappa shape index (κ3) is 2.93. The van der Waals surface area contributed by atoms with Gasteiger partial charge in [0.25, 0.3) is 0 Å². The van der Waals surface area contributed by atoms with Crippen molar-refractivity contribution < 1.29 is 14.7 Å². The maximum absolute atomic E-state index is 12.6. The number of rotatable bonds is 2. The summed E-state index contributed by atoms with van der Waals surface area (Å²) in [5, 5.41) is 9.40. The van der Waals surface area contributed by atoms with Crippen molar-refractivity contribution in [1.29, 1.82) is 0 Å². The van der Waals surface area contributed by atoms with E-state index in [1.54, 1.807) is 11.8 Å². The number of hydrogen-bond acceptors (Lipinski definition) is 2. The highest BCUT2D eigenvalue weighted by Crippen LogP contribution is 2.33. The fourth-order valence-corrected chi connectivity index (χ4v) is 3.46. The van der Waals surface area contributed by atoms with Crippen molar-refractivity contribution in [2.24, 2.45) is 5.92 Å². The van der Waals surface area contributed by atoms with Gasteiger partial charge in [0.1, 0.15) is 5.54 Å². The van der Waals surface area contributed by atoms with E-state index in [-0.39, 0.29) is 11.8 Å². The molecule has 1 N–H and O–H groups in total. The van der Waals surface area contributed by atoms with Crippen molar-refractivity contribution >= 4 is 11.9 Å². The van der Waals surface area contributed by atoms with E-state index < -0.39 is 11.5 Å². The number of hydrogen-bond donors (Lipinski definition) is 1. The number of nitrogens with zero attached hydrogens (tertiary/aromatic N) is 1. The fourth-order valence-electron chi connectivity index (χ4n) is 3.46. The largest absolute Gasteiger partial charge is 0.480 e. The van der Waals surface area contributed by atoms with Crippen LogP contribution in [0.1, 0.15) is 64.7 Å². The van der Waals surface area contributed by atoms with Crippen LogP contribution in [0.5, 0.6) is 0 Å². The monoisotopic (exact) mass is 267 g/mol. The highest BCUT2D eigenvalue weighted by atomic mass is 16.4. The minimum atomic E-state index is -0.973. The second-order valence-corrected chi connectivity index (χ2v) is 6.21. The Morgan fingerprint density at radius 3 is 2.21 bits per heavy atom. The Bertz CT molecular complexity index is 347. The molecule has 2 aliphatic rings. The first-order valence-corrected chi connectivity index (χ1v) is 7.60. The molecule has 0 aromatic rings. The second-order valence-electron chi connectivity index (χ2n) is 6.21. The SMILES string of the molecule is CC1(C(=O)O)CCCN1C(=O)C1CCCCCCC1. The normalized spacial score (nSPS) is 29.8. The predicted molar refractivity (Wildman–Crippen MR) is 72.8 cm³/mol. The lowest BCUT2D eigenvalue weighted by atomic mass is 9.89. The standard InChI is InChI=1S/C15H25NO3/c1-15(14(18)19)10-7-11-16(15)13(17)12-8-5-3-2-4-6-9-12/h12H,2-11H2,1H3,(H,18,19). The summed E-state index contributed by atoms with van der Waals surface area (Å²) in [7, 11) is 0. The molecular formula is C15H25NO3. The molecule has 4 nitrogen and oxygen atoms in total. The van der Waals surface area contributed by atoms with Crippen molar-refractivity contribution in [1.82, 2.24) is 4.90 Å². The van der Waals surface area contributed by atoms with Crippen LogP contribution in [0.3, 0.4) is 0 Å². The zero-order valence-electron chi connectivity index (χ0n) is 11.9. The lowest BCUT2D eigenvalue weighted by molar-refractivity contribution is -0.157. The van der Waals surface area contributed by atoms with E-state index in [1.807, 2.05) is 0 Å². The molecule has 1 unspecified atom stereocenters. The van der Waals surface area contributed by atoms with Gasteiger partial charge in [0.05, 0.1) is 0 Å². The van der Waals surface area contributed by atoms with Crippen LogP contribution in [-0.4, -0.2) is 34.0 Å². The van der Waals surface area contributed by atoms with Gasteiger partial charge in [-0.2, -0.15) is 0 Å². The number of carbonyl (C=O) groups is 2. The Morgan fingerprint density at radius 1 is 1.05 bits per heavy atom. The molecule has 1 saturated heterocycles.